The van der Waals surface area contributed by atoms with Crippen LogP contribution in [0.25, 0.3) is 0 Å². The molecule has 0 heterocycles. The second-order valence-corrected chi connectivity index (χ2v) is 8.67. The normalized spacial score (nSPS) is 37.1. The van der Waals surface area contributed by atoms with E-state index in [-0.39, 0.29) is 0 Å². The number of esters is 1. The van der Waals surface area contributed by atoms with E-state index < -0.39 is 46.0 Å². The van der Waals surface area contributed by atoms with Crippen molar-refractivity contribution in [2.24, 2.45) is 23.2 Å². The van der Waals surface area contributed by atoms with Crippen LogP contribution in [0.2, 0.25) is 0 Å². The van der Waals surface area contributed by atoms with Crippen LogP contribution < -0.4 is 0 Å². The topological polar surface area (TPSA) is 80.7 Å². The molecule has 0 amide bonds. The van der Waals surface area contributed by atoms with Crippen molar-refractivity contribution < 1.29 is 35.7 Å². The molecule has 9 heteroatoms. The van der Waals surface area contributed by atoms with Crippen LogP contribution in [0.15, 0.2) is 0 Å². The van der Waals surface area contributed by atoms with Crippen LogP contribution in [0, 0.1) is 23.2 Å². The molecule has 0 saturated heterocycles. The van der Waals surface area contributed by atoms with Crippen molar-refractivity contribution in [3.8, 4) is 0 Å². The first-order chi connectivity index (χ1) is 10.6. The van der Waals surface area contributed by atoms with Gasteiger partial charge in [-0.15, -0.1) is 0 Å². The summed E-state index contributed by atoms with van der Waals surface area (Å²) < 4.78 is 73.6. The van der Waals surface area contributed by atoms with E-state index in [1.54, 1.807) is 0 Å². The van der Waals surface area contributed by atoms with E-state index >= 15 is 0 Å². The van der Waals surface area contributed by atoms with E-state index in [1.807, 2.05) is 0 Å². The molecule has 0 aromatic carbocycles. The van der Waals surface area contributed by atoms with Gasteiger partial charge in [0.1, 0.15) is 0 Å². The SMILES string of the molecule is O=C(OCCC(F)C(F)(F)S(=O)(=O)O)C12CC3CC(C1)C(C3)C2. The van der Waals surface area contributed by atoms with Crippen LogP contribution in [-0.2, 0) is 19.6 Å². The molecule has 0 aliphatic heterocycles. The zero-order valence-corrected chi connectivity index (χ0v) is 13.2. The zero-order valence-electron chi connectivity index (χ0n) is 12.4. The first kappa shape index (κ1) is 17.0. The fourth-order valence-corrected chi connectivity index (χ4v) is 5.24. The molecule has 4 rings (SSSR count). The second-order valence-electron chi connectivity index (χ2n) is 7.18. The molecule has 132 valence electrons. The zero-order chi connectivity index (χ0) is 17.0. The monoisotopic (exact) mass is 356 g/mol. The quantitative estimate of drug-likeness (QED) is 0.584. The average Bonchev–Trinajstić information content (AvgIpc) is 2.85. The third-order valence-corrected chi connectivity index (χ3v) is 6.61. The Morgan fingerprint density at radius 3 is 2.30 bits per heavy atom. The Labute approximate surface area is 132 Å². The number of carbonyl (C=O) groups excluding carboxylic acids is 1. The van der Waals surface area contributed by atoms with Gasteiger partial charge in [-0.1, -0.05) is 0 Å². The van der Waals surface area contributed by atoms with E-state index in [1.165, 1.54) is 0 Å². The maximum absolute atomic E-state index is 13.3. The van der Waals surface area contributed by atoms with E-state index in [4.69, 9.17) is 9.29 Å². The number of hydrogen-bond acceptors (Lipinski definition) is 4. The molecule has 4 aliphatic carbocycles. The first-order valence-electron chi connectivity index (χ1n) is 7.71. The summed E-state index contributed by atoms with van der Waals surface area (Å²) in [6, 6.07) is 0. The lowest BCUT2D eigenvalue weighted by molar-refractivity contribution is -0.160. The molecule has 0 radical (unpaired) electrons. The standard InChI is InChI=1S/C14H19F3O5S/c15-11(14(16,17)23(19,20)21)1-2-22-12(18)13-5-8-3-9(6-13)10(4-8)7-13/h8-11H,1-7H2,(H,19,20,21). The summed E-state index contributed by atoms with van der Waals surface area (Å²) in [6.45, 7) is -0.632. The van der Waals surface area contributed by atoms with Gasteiger partial charge in [-0.25, -0.2) is 4.39 Å². The minimum absolute atomic E-state index is 0.489. The van der Waals surface area contributed by atoms with Crippen molar-refractivity contribution in [2.75, 3.05) is 6.61 Å². The maximum Gasteiger partial charge on any atom is 0.400 e. The van der Waals surface area contributed by atoms with Gasteiger partial charge >= 0.3 is 21.3 Å². The van der Waals surface area contributed by atoms with Crippen molar-refractivity contribution in [3.63, 3.8) is 0 Å². The first-order valence-corrected chi connectivity index (χ1v) is 9.15. The Balaban J connectivity index is 1.53. The Morgan fingerprint density at radius 2 is 1.83 bits per heavy atom. The Bertz CT molecular complexity index is 586. The summed E-state index contributed by atoms with van der Waals surface area (Å²) in [4.78, 5) is 12.3. The molecule has 4 fully saturated rings. The van der Waals surface area contributed by atoms with Gasteiger partial charge in [0.05, 0.1) is 12.0 Å². The number of rotatable bonds is 6. The Kier molecular flexibility index (Phi) is 3.95. The van der Waals surface area contributed by atoms with Crippen LogP contribution in [-0.4, -0.2) is 37.0 Å². The highest BCUT2D eigenvalue weighted by molar-refractivity contribution is 7.86. The molecule has 0 spiro atoms. The smallest absolute Gasteiger partial charge is 0.400 e. The van der Waals surface area contributed by atoms with Gasteiger partial charge in [-0.05, 0) is 49.9 Å². The predicted octanol–water partition coefficient (Wildman–Crippen LogP) is 2.56. The molecule has 4 saturated carbocycles. The van der Waals surface area contributed by atoms with Crippen molar-refractivity contribution in [3.05, 3.63) is 0 Å². The van der Waals surface area contributed by atoms with Gasteiger partial charge in [0, 0.05) is 6.42 Å². The predicted molar refractivity (Wildman–Crippen MR) is 73.0 cm³/mol. The lowest BCUT2D eigenvalue weighted by atomic mass is 9.69. The van der Waals surface area contributed by atoms with Crippen molar-refractivity contribution in [1.29, 1.82) is 0 Å². The minimum atomic E-state index is -5.83. The van der Waals surface area contributed by atoms with Gasteiger partial charge in [0.2, 0.25) is 0 Å². The molecular formula is C14H19F3O5S. The van der Waals surface area contributed by atoms with Crippen molar-refractivity contribution in [1.82, 2.24) is 0 Å². The Morgan fingerprint density at radius 1 is 1.26 bits per heavy atom. The molecule has 3 atom stereocenters. The number of carbonyl (C=O) groups is 1. The molecule has 5 nitrogen and oxygen atoms in total. The van der Waals surface area contributed by atoms with E-state index in [0.29, 0.717) is 17.8 Å². The minimum Gasteiger partial charge on any atom is -0.465 e. The molecular weight excluding hydrogens is 337 g/mol. The van der Waals surface area contributed by atoms with E-state index in [9.17, 15) is 26.4 Å². The molecule has 23 heavy (non-hydrogen) atoms. The molecule has 0 aromatic rings. The molecule has 4 bridgehead atoms. The van der Waals surface area contributed by atoms with Crippen LogP contribution in [0.4, 0.5) is 13.2 Å². The van der Waals surface area contributed by atoms with Gasteiger partial charge in [-0.3, -0.25) is 9.35 Å². The number of hydrogen-bond donors (Lipinski definition) is 1. The van der Waals surface area contributed by atoms with Crippen molar-refractivity contribution >= 4 is 16.1 Å². The highest BCUT2D eigenvalue weighted by Crippen LogP contribution is 2.64. The molecule has 0 aromatic heterocycles. The number of ether oxygens (including phenoxy) is 1. The fraction of sp³-hybridized carbons (Fsp3) is 0.929. The highest BCUT2D eigenvalue weighted by atomic mass is 32.2. The summed E-state index contributed by atoms with van der Waals surface area (Å²) >= 11 is 0. The van der Waals surface area contributed by atoms with Gasteiger partial charge < -0.3 is 4.74 Å². The van der Waals surface area contributed by atoms with Crippen LogP contribution >= 0.6 is 0 Å². The average molecular weight is 356 g/mol. The van der Waals surface area contributed by atoms with Crippen LogP contribution in [0.5, 0.6) is 0 Å². The summed E-state index contributed by atoms with van der Waals surface area (Å²) in [5, 5.41) is -4.90. The molecule has 1 N–H and O–H groups in total. The van der Waals surface area contributed by atoms with E-state index in [2.05, 4.69) is 0 Å². The van der Waals surface area contributed by atoms with Crippen molar-refractivity contribution in [2.45, 2.75) is 50.0 Å². The summed E-state index contributed by atoms with van der Waals surface area (Å²) in [5.41, 5.74) is -0.562. The summed E-state index contributed by atoms with van der Waals surface area (Å²) in [7, 11) is -5.83. The van der Waals surface area contributed by atoms with Gasteiger partial charge in [0.15, 0.2) is 6.17 Å². The van der Waals surface area contributed by atoms with Gasteiger partial charge in [-0.2, -0.15) is 17.2 Å². The lowest BCUT2D eigenvalue weighted by Crippen LogP contribution is -2.40. The fourth-order valence-electron chi connectivity index (χ4n) is 4.80. The lowest BCUT2D eigenvalue weighted by Gasteiger charge is -2.36. The number of alkyl halides is 3. The maximum atomic E-state index is 13.3. The van der Waals surface area contributed by atoms with Crippen LogP contribution in [0.3, 0.4) is 0 Å². The third-order valence-electron chi connectivity index (χ3n) is 5.67. The molecule has 4 aliphatic rings. The largest absolute Gasteiger partial charge is 0.465 e. The number of halogens is 3. The van der Waals surface area contributed by atoms with Gasteiger partial charge in [0.25, 0.3) is 0 Å². The summed E-state index contributed by atoms with van der Waals surface area (Å²) in [6.07, 6.45) is 0.378. The summed E-state index contributed by atoms with van der Waals surface area (Å²) in [5.74, 6) is 1.08. The highest BCUT2D eigenvalue weighted by Gasteiger charge is 2.60. The third kappa shape index (κ3) is 2.75. The Hall–Kier alpha value is -0.830. The van der Waals surface area contributed by atoms with Crippen LogP contribution in [0.1, 0.15) is 38.5 Å². The second kappa shape index (κ2) is 5.34. The molecule has 3 unspecified atom stereocenters. The van der Waals surface area contributed by atoms with E-state index in [0.717, 1.165) is 32.1 Å².